The topological polar surface area (TPSA) is 66.7 Å². The second kappa shape index (κ2) is 4.94. The Labute approximate surface area is 80.9 Å². The predicted molar refractivity (Wildman–Crippen MR) is 50.2 cm³/mol. The number of aliphatic imine (C=N–C) groups is 1. The minimum absolute atomic E-state index is 0.107. The lowest BCUT2D eigenvalue weighted by atomic mass is 10.1. The van der Waals surface area contributed by atoms with Gasteiger partial charge in [0.25, 0.3) is 0 Å². The van der Waals surface area contributed by atoms with Crippen LogP contribution in [0.2, 0.25) is 0 Å². The Bertz CT molecular complexity index is 363. The van der Waals surface area contributed by atoms with Gasteiger partial charge in [-0.1, -0.05) is 12.1 Å². The lowest BCUT2D eigenvalue weighted by Gasteiger charge is -1.97. The van der Waals surface area contributed by atoms with E-state index >= 15 is 0 Å². The maximum absolute atomic E-state index is 10.3. The molecule has 1 aromatic carbocycles. The molecule has 1 rings (SSSR count). The van der Waals surface area contributed by atoms with Gasteiger partial charge in [-0.3, -0.25) is 4.79 Å². The molecule has 0 bridgehead atoms. The van der Waals surface area contributed by atoms with Gasteiger partial charge in [-0.05, 0) is 24.1 Å². The van der Waals surface area contributed by atoms with Crippen LogP contribution in [0.4, 0.5) is 5.69 Å². The van der Waals surface area contributed by atoms with Crippen molar-refractivity contribution in [3.05, 3.63) is 29.8 Å². The van der Waals surface area contributed by atoms with Crippen molar-refractivity contribution in [2.24, 2.45) is 4.99 Å². The largest absolute Gasteiger partial charge is 0.481 e. The quantitative estimate of drug-likeness (QED) is 0.581. The molecule has 0 aliphatic carbocycles. The SMILES string of the molecule is O=C=Nc1ccc(CCC(=O)O)cc1. The molecule has 0 fully saturated rings. The van der Waals surface area contributed by atoms with Crippen molar-refractivity contribution >= 4 is 17.7 Å². The number of carboxylic acids is 1. The Morgan fingerprint density at radius 2 is 2.00 bits per heavy atom. The fourth-order valence-electron chi connectivity index (χ4n) is 1.04. The molecule has 0 heterocycles. The summed E-state index contributed by atoms with van der Waals surface area (Å²) in [4.78, 5) is 23.6. The highest BCUT2D eigenvalue weighted by Gasteiger charge is 1.98. The molecule has 0 spiro atoms. The van der Waals surface area contributed by atoms with Gasteiger partial charge in [0, 0.05) is 6.42 Å². The van der Waals surface area contributed by atoms with Gasteiger partial charge >= 0.3 is 5.97 Å². The zero-order valence-electron chi connectivity index (χ0n) is 7.43. The Balaban J connectivity index is 2.63. The number of nitrogens with zero attached hydrogens (tertiary/aromatic N) is 1. The molecule has 0 saturated carbocycles. The Hall–Kier alpha value is -1.93. The zero-order valence-corrected chi connectivity index (χ0v) is 7.43. The van der Waals surface area contributed by atoms with Crippen LogP contribution < -0.4 is 0 Å². The molecule has 14 heavy (non-hydrogen) atoms. The van der Waals surface area contributed by atoms with Crippen molar-refractivity contribution < 1.29 is 14.7 Å². The van der Waals surface area contributed by atoms with Gasteiger partial charge in [-0.15, -0.1) is 0 Å². The summed E-state index contributed by atoms with van der Waals surface area (Å²) in [5.74, 6) is -0.819. The Morgan fingerprint density at radius 1 is 1.36 bits per heavy atom. The molecule has 0 aliphatic heterocycles. The fourth-order valence-corrected chi connectivity index (χ4v) is 1.04. The van der Waals surface area contributed by atoms with Crippen molar-refractivity contribution in [3.8, 4) is 0 Å². The van der Waals surface area contributed by atoms with E-state index < -0.39 is 5.97 Å². The van der Waals surface area contributed by atoms with Crippen LogP contribution in [-0.2, 0) is 16.0 Å². The standard InChI is InChI=1S/C10H9NO3/c12-7-11-9-4-1-8(2-5-9)3-6-10(13)14/h1-2,4-5H,3,6H2,(H,13,14). The highest BCUT2D eigenvalue weighted by atomic mass is 16.4. The third kappa shape index (κ3) is 3.21. The van der Waals surface area contributed by atoms with Crippen LogP contribution in [0.1, 0.15) is 12.0 Å². The first-order valence-corrected chi connectivity index (χ1v) is 4.11. The molecule has 0 saturated heterocycles. The van der Waals surface area contributed by atoms with E-state index in [0.717, 1.165) is 5.56 Å². The summed E-state index contributed by atoms with van der Waals surface area (Å²) in [6.45, 7) is 0. The van der Waals surface area contributed by atoms with Gasteiger partial charge in [-0.2, -0.15) is 4.99 Å². The van der Waals surface area contributed by atoms with E-state index in [0.29, 0.717) is 12.1 Å². The van der Waals surface area contributed by atoms with Gasteiger partial charge in [0.1, 0.15) is 0 Å². The summed E-state index contributed by atoms with van der Waals surface area (Å²) < 4.78 is 0. The van der Waals surface area contributed by atoms with Gasteiger partial charge in [0.05, 0.1) is 5.69 Å². The van der Waals surface area contributed by atoms with E-state index in [4.69, 9.17) is 5.11 Å². The van der Waals surface area contributed by atoms with Crippen molar-refractivity contribution in [3.63, 3.8) is 0 Å². The number of carbonyl (C=O) groups is 1. The first-order chi connectivity index (χ1) is 6.72. The van der Waals surface area contributed by atoms with E-state index in [2.05, 4.69) is 4.99 Å². The number of carboxylic acid groups (broad SMARTS) is 1. The Kier molecular flexibility index (Phi) is 3.58. The highest BCUT2D eigenvalue weighted by Crippen LogP contribution is 2.13. The van der Waals surface area contributed by atoms with Crippen LogP contribution in [0.5, 0.6) is 0 Å². The van der Waals surface area contributed by atoms with Crippen LogP contribution in [-0.4, -0.2) is 17.2 Å². The van der Waals surface area contributed by atoms with Crippen LogP contribution >= 0.6 is 0 Å². The van der Waals surface area contributed by atoms with Crippen LogP contribution in [0, 0.1) is 0 Å². The fraction of sp³-hybridized carbons (Fsp3) is 0.200. The minimum Gasteiger partial charge on any atom is -0.481 e. The number of rotatable bonds is 4. The van der Waals surface area contributed by atoms with Crippen LogP contribution in [0.15, 0.2) is 29.3 Å². The van der Waals surface area contributed by atoms with E-state index in [-0.39, 0.29) is 6.42 Å². The average molecular weight is 191 g/mol. The lowest BCUT2D eigenvalue weighted by Crippen LogP contribution is -1.96. The van der Waals surface area contributed by atoms with Crippen molar-refractivity contribution in [1.29, 1.82) is 0 Å². The molecule has 0 radical (unpaired) electrons. The predicted octanol–water partition coefficient (Wildman–Crippen LogP) is 1.67. The molecular formula is C10H9NO3. The van der Waals surface area contributed by atoms with Crippen molar-refractivity contribution in [2.45, 2.75) is 12.8 Å². The molecule has 0 unspecified atom stereocenters. The monoisotopic (exact) mass is 191 g/mol. The van der Waals surface area contributed by atoms with Gasteiger partial charge in [-0.25, -0.2) is 4.79 Å². The minimum atomic E-state index is -0.819. The van der Waals surface area contributed by atoms with E-state index in [9.17, 15) is 9.59 Å². The molecule has 1 N–H and O–H groups in total. The maximum Gasteiger partial charge on any atom is 0.303 e. The first kappa shape index (κ1) is 10.2. The normalized spacial score (nSPS) is 9.14. The summed E-state index contributed by atoms with van der Waals surface area (Å²) >= 11 is 0. The van der Waals surface area contributed by atoms with E-state index in [1.165, 1.54) is 6.08 Å². The molecule has 4 heteroatoms. The summed E-state index contributed by atoms with van der Waals surface area (Å²) in [6, 6.07) is 6.81. The van der Waals surface area contributed by atoms with Gasteiger partial charge in [0.2, 0.25) is 6.08 Å². The zero-order chi connectivity index (χ0) is 10.4. The molecule has 1 aromatic rings. The lowest BCUT2D eigenvalue weighted by molar-refractivity contribution is -0.136. The molecular weight excluding hydrogens is 182 g/mol. The summed E-state index contributed by atoms with van der Waals surface area (Å²) in [5.41, 5.74) is 1.44. The highest BCUT2D eigenvalue weighted by molar-refractivity contribution is 5.67. The average Bonchev–Trinajstić information content (AvgIpc) is 2.17. The molecule has 0 aliphatic rings. The van der Waals surface area contributed by atoms with E-state index in [1.54, 1.807) is 24.3 Å². The number of hydrogen-bond donors (Lipinski definition) is 1. The van der Waals surface area contributed by atoms with Crippen LogP contribution in [0.3, 0.4) is 0 Å². The number of aryl methyl sites for hydroxylation is 1. The number of benzene rings is 1. The second-order valence-electron chi connectivity index (χ2n) is 2.76. The van der Waals surface area contributed by atoms with Gasteiger partial charge < -0.3 is 5.11 Å². The number of hydrogen-bond acceptors (Lipinski definition) is 3. The summed E-state index contributed by atoms with van der Waals surface area (Å²) in [7, 11) is 0. The smallest absolute Gasteiger partial charge is 0.303 e. The number of aliphatic carboxylic acids is 1. The Morgan fingerprint density at radius 3 is 2.50 bits per heavy atom. The van der Waals surface area contributed by atoms with Crippen molar-refractivity contribution in [2.75, 3.05) is 0 Å². The molecule has 0 atom stereocenters. The summed E-state index contributed by atoms with van der Waals surface area (Å²) in [6.07, 6.45) is 2.03. The maximum atomic E-state index is 10.3. The molecule has 72 valence electrons. The van der Waals surface area contributed by atoms with Gasteiger partial charge in [0.15, 0.2) is 0 Å². The molecule has 4 nitrogen and oxygen atoms in total. The van der Waals surface area contributed by atoms with Crippen molar-refractivity contribution in [1.82, 2.24) is 0 Å². The van der Waals surface area contributed by atoms with Crippen LogP contribution in [0.25, 0.3) is 0 Å². The first-order valence-electron chi connectivity index (χ1n) is 4.11. The number of isocyanates is 1. The molecule has 0 amide bonds. The molecule has 0 aromatic heterocycles. The second-order valence-corrected chi connectivity index (χ2v) is 2.76. The van der Waals surface area contributed by atoms with E-state index in [1.807, 2.05) is 0 Å². The summed E-state index contributed by atoms with van der Waals surface area (Å²) in [5, 5.41) is 8.44. The number of carbonyl (C=O) groups excluding carboxylic acids is 1. The third-order valence-corrected chi connectivity index (χ3v) is 1.74. The third-order valence-electron chi connectivity index (χ3n) is 1.74.